The van der Waals surface area contributed by atoms with E-state index in [0.717, 1.165) is 17.6 Å². The summed E-state index contributed by atoms with van der Waals surface area (Å²) in [6.07, 6.45) is 1.32. The fraction of sp³-hybridized carbons (Fsp3) is 0.417. The van der Waals surface area contributed by atoms with Crippen molar-refractivity contribution in [3.8, 4) is 10.4 Å². The van der Waals surface area contributed by atoms with Crippen molar-refractivity contribution < 1.29 is 22.3 Å². The van der Waals surface area contributed by atoms with E-state index in [-0.39, 0.29) is 15.3 Å². The first kappa shape index (κ1) is 14.6. The van der Waals surface area contributed by atoms with Crippen LogP contribution in [-0.4, -0.2) is 35.5 Å². The molecule has 3 rings (SSSR count). The van der Waals surface area contributed by atoms with Crippen molar-refractivity contribution >= 4 is 21.2 Å². The number of sulfone groups is 1. The topological polar surface area (TPSA) is 72.2 Å². The molecule has 114 valence electrons. The molecule has 1 aliphatic carbocycles. The van der Waals surface area contributed by atoms with Gasteiger partial charge in [0.25, 0.3) is 5.92 Å². The molecule has 0 saturated heterocycles. The van der Waals surface area contributed by atoms with Crippen LogP contribution in [0.3, 0.4) is 0 Å². The SMILES string of the molecule is Cn1cc(-c2sc(S(C)(=O)=O)c3c2CC(F)(F)[C@H]3O)cn1. The van der Waals surface area contributed by atoms with Gasteiger partial charge in [-0.2, -0.15) is 5.10 Å². The maximum absolute atomic E-state index is 13.8. The third-order valence-corrected chi connectivity index (χ3v) is 6.55. The van der Waals surface area contributed by atoms with Crippen LogP contribution in [0, 0.1) is 0 Å². The maximum atomic E-state index is 13.8. The van der Waals surface area contributed by atoms with Crippen LogP contribution in [0.15, 0.2) is 16.6 Å². The van der Waals surface area contributed by atoms with Crippen LogP contribution in [0.1, 0.15) is 17.2 Å². The summed E-state index contributed by atoms with van der Waals surface area (Å²) in [7, 11) is -2.01. The zero-order chi connectivity index (χ0) is 15.6. The molecule has 1 N–H and O–H groups in total. The molecule has 2 aromatic rings. The number of nitrogens with zero attached hydrogens (tertiary/aromatic N) is 2. The third kappa shape index (κ3) is 2.19. The highest BCUT2D eigenvalue weighted by atomic mass is 32.2. The van der Waals surface area contributed by atoms with Crippen LogP contribution in [0.5, 0.6) is 0 Å². The second-order valence-electron chi connectivity index (χ2n) is 5.13. The van der Waals surface area contributed by atoms with E-state index in [9.17, 15) is 22.3 Å². The maximum Gasteiger partial charge on any atom is 0.281 e. The van der Waals surface area contributed by atoms with Crippen molar-refractivity contribution in [1.29, 1.82) is 0 Å². The first-order valence-electron chi connectivity index (χ1n) is 6.02. The van der Waals surface area contributed by atoms with Crippen LogP contribution in [0.25, 0.3) is 10.4 Å². The van der Waals surface area contributed by atoms with Crippen LogP contribution in [0.4, 0.5) is 8.78 Å². The first-order valence-corrected chi connectivity index (χ1v) is 8.72. The molecule has 1 aliphatic rings. The minimum Gasteiger partial charge on any atom is -0.382 e. The van der Waals surface area contributed by atoms with E-state index in [1.807, 2.05) is 0 Å². The second kappa shape index (κ2) is 4.34. The Bertz CT molecular complexity index is 824. The summed E-state index contributed by atoms with van der Waals surface area (Å²) in [6, 6.07) is 0. The minimum absolute atomic E-state index is 0.161. The molecule has 9 heteroatoms. The molecule has 0 bridgehead atoms. The van der Waals surface area contributed by atoms with Gasteiger partial charge < -0.3 is 5.11 Å². The number of fused-ring (bicyclic) bond motifs is 1. The number of alkyl halides is 2. The van der Waals surface area contributed by atoms with Crippen LogP contribution < -0.4 is 0 Å². The number of aromatic nitrogens is 2. The minimum atomic E-state index is -3.69. The first-order chi connectivity index (χ1) is 9.61. The number of aliphatic hydroxyl groups is 1. The lowest BCUT2D eigenvalue weighted by molar-refractivity contribution is -0.0975. The summed E-state index contributed by atoms with van der Waals surface area (Å²) in [6.45, 7) is 0. The van der Waals surface area contributed by atoms with Gasteiger partial charge in [0.1, 0.15) is 10.3 Å². The Morgan fingerprint density at radius 2 is 2.19 bits per heavy atom. The fourth-order valence-corrected chi connectivity index (χ4v) is 5.05. The predicted octanol–water partition coefficient (Wildman–Crippen LogP) is 1.78. The summed E-state index contributed by atoms with van der Waals surface area (Å²) in [5.74, 6) is -3.35. The van der Waals surface area contributed by atoms with Gasteiger partial charge >= 0.3 is 0 Å². The average molecular weight is 334 g/mol. The summed E-state index contributed by atoms with van der Waals surface area (Å²) < 4.78 is 52.5. The Kier molecular flexibility index (Phi) is 3.02. The van der Waals surface area contributed by atoms with Crippen LogP contribution in [0.2, 0.25) is 0 Å². The molecule has 5 nitrogen and oxygen atoms in total. The number of hydrogen-bond donors (Lipinski definition) is 1. The van der Waals surface area contributed by atoms with Crippen molar-refractivity contribution in [3.63, 3.8) is 0 Å². The van der Waals surface area contributed by atoms with Crippen molar-refractivity contribution in [3.05, 3.63) is 23.5 Å². The average Bonchev–Trinajstić information content (AvgIpc) is 2.95. The smallest absolute Gasteiger partial charge is 0.281 e. The highest BCUT2D eigenvalue weighted by Gasteiger charge is 2.51. The summed E-state index contributed by atoms with van der Waals surface area (Å²) in [4.78, 5) is 0.426. The largest absolute Gasteiger partial charge is 0.382 e. The standard InChI is InChI=1S/C12H12F2N2O3S2/c1-16-5-6(4-15-16)9-7-3-12(13,14)10(17)8(7)11(20-9)21(2,18)19/h4-5,10,17H,3H2,1-2H3/t10-/m0/s1. The van der Waals surface area contributed by atoms with Crippen LogP contribution >= 0.6 is 11.3 Å². The molecule has 21 heavy (non-hydrogen) atoms. The number of rotatable bonds is 2. The molecular weight excluding hydrogens is 322 g/mol. The van der Waals surface area contributed by atoms with Crippen molar-refractivity contribution in [2.75, 3.05) is 6.26 Å². The van der Waals surface area contributed by atoms with Crippen molar-refractivity contribution in [2.45, 2.75) is 22.7 Å². The van der Waals surface area contributed by atoms with E-state index < -0.39 is 28.3 Å². The summed E-state index contributed by atoms with van der Waals surface area (Å²) >= 11 is 0.905. The zero-order valence-electron chi connectivity index (χ0n) is 11.2. The third-order valence-electron chi connectivity index (χ3n) is 3.40. The van der Waals surface area contributed by atoms with E-state index in [4.69, 9.17) is 0 Å². The van der Waals surface area contributed by atoms with Gasteiger partial charge in [-0.15, -0.1) is 11.3 Å². The molecular formula is C12H12F2N2O3S2. The van der Waals surface area contributed by atoms with Gasteiger partial charge in [0, 0.05) is 41.9 Å². The molecule has 2 aromatic heterocycles. The summed E-state index contributed by atoms with van der Waals surface area (Å²) in [5.41, 5.74) is 0.607. The molecule has 2 heterocycles. The van der Waals surface area contributed by atoms with E-state index in [1.165, 1.54) is 10.9 Å². The lowest BCUT2D eigenvalue weighted by Crippen LogP contribution is -2.22. The highest BCUT2D eigenvalue weighted by Crippen LogP contribution is 2.53. The normalized spacial score (nSPS) is 20.7. The molecule has 0 spiro atoms. The Morgan fingerprint density at radius 3 is 2.71 bits per heavy atom. The fourth-order valence-electron chi connectivity index (χ4n) is 2.50. The van der Waals surface area contributed by atoms with Gasteiger partial charge in [0.2, 0.25) is 0 Å². The van der Waals surface area contributed by atoms with E-state index >= 15 is 0 Å². The molecule has 0 aliphatic heterocycles. The van der Waals surface area contributed by atoms with Gasteiger partial charge in [-0.3, -0.25) is 4.68 Å². The molecule has 1 atom stereocenters. The van der Waals surface area contributed by atoms with Gasteiger partial charge in [-0.05, 0) is 5.56 Å². The van der Waals surface area contributed by atoms with Gasteiger partial charge in [0.05, 0.1) is 6.20 Å². The number of aryl methyl sites for hydroxylation is 1. The predicted molar refractivity (Wildman–Crippen MR) is 73.2 cm³/mol. The Labute approximate surface area is 123 Å². The van der Waals surface area contributed by atoms with Gasteiger partial charge in [-0.1, -0.05) is 0 Å². The Hall–Kier alpha value is -1.32. The quantitative estimate of drug-likeness (QED) is 0.909. The zero-order valence-corrected chi connectivity index (χ0v) is 12.8. The second-order valence-corrected chi connectivity index (χ2v) is 8.36. The molecule has 0 radical (unpaired) electrons. The van der Waals surface area contributed by atoms with E-state index in [1.54, 1.807) is 13.2 Å². The van der Waals surface area contributed by atoms with Gasteiger partial charge in [0.15, 0.2) is 9.84 Å². The number of aliphatic hydroxyl groups excluding tert-OH is 1. The lowest BCUT2D eigenvalue weighted by Gasteiger charge is -2.14. The highest BCUT2D eigenvalue weighted by molar-refractivity contribution is 7.92. The van der Waals surface area contributed by atoms with Crippen molar-refractivity contribution in [1.82, 2.24) is 9.78 Å². The summed E-state index contributed by atoms with van der Waals surface area (Å²) in [5, 5.41) is 13.8. The number of hydrogen-bond acceptors (Lipinski definition) is 5. The van der Waals surface area contributed by atoms with Crippen molar-refractivity contribution in [2.24, 2.45) is 7.05 Å². The molecule has 0 aromatic carbocycles. The monoisotopic (exact) mass is 334 g/mol. The van der Waals surface area contributed by atoms with Gasteiger partial charge in [-0.25, -0.2) is 17.2 Å². The van der Waals surface area contributed by atoms with E-state index in [0.29, 0.717) is 10.4 Å². The Balaban J connectivity index is 2.29. The molecule has 0 unspecified atom stereocenters. The lowest BCUT2D eigenvalue weighted by atomic mass is 10.1. The molecule has 0 fully saturated rings. The van der Waals surface area contributed by atoms with E-state index in [2.05, 4.69) is 5.10 Å². The number of halogens is 2. The Morgan fingerprint density at radius 1 is 1.52 bits per heavy atom. The molecule has 0 amide bonds. The molecule has 0 saturated carbocycles. The number of thiophene rings is 1. The van der Waals surface area contributed by atoms with Crippen LogP contribution in [-0.2, 0) is 23.3 Å².